The number of nitrogens with two attached hydrogens (primary N) is 1. The van der Waals surface area contributed by atoms with Gasteiger partial charge in [-0.1, -0.05) is 11.3 Å². The molecule has 0 fully saturated rings. The average Bonchev–Trinajstić information content (AvgIpc) is 2.63. The van der Waals surface area contributed by atoms with E-state index >= 15 is 0 Å². The fourth-order valence-electron chi connectivity index (χ4n) is 0.803. The zero-order chi connectivity index (χ0) is 8.39. The molecule has 2 aromatic rings. The summed E-state index contributed by atoms with van der Waals surface area (Å²) in [6, 6.07) is 2.00. The van der Waals surface area contributed by atoms with Gasteiger partial charge in [-0.2, -0.15) is 11.3 Å². The Bertz CT molecular complexity index is 352. The van der Waals surface area contributed by atoms with E-state index in [2.05, 4.69) is 10.3 Å². The Morgan fingerprint density at radius 2 is 2.42 bits per heavy atom. The Morgan fingerprint density at radius 1 is 1.50 bits per heavy atom. The molecule has 2 rings (SSSR count). The second kappa shape index (κ2) is 3.12. The van der Waals surface area contributed by atoms with E-state index in [0.717, 1.165) is 15.8 Å². The van der Waals surface area contributed by atoms with Gasteiger partial charge in [0, 0.05) is 5.38 Å². The first-order valence-corrected chi connectivity index (χ1v) is 5.11. The molecule has 62 valence electrons. The maximum absolute atomic E-state index is 5.53. The van der Waals surface area contributed by atoms with Crippen molar-refractivity contribution in [2.75, 3.05) is 11.1 Å². The van der Waals surface area contributed by atoms with E-state index in [1.54, 1.807) is 17.5 Å². The molecule has 0 atom stereocenters. The van der Waals surface area contributed by atoms with Crippen LogP contribution in [0, 0.1) is 0 Å². The monoisotopic (exact) mass is 197 g/mol. The highest BCUT2D eigenvalue weighted by molar-refractivity contribution is 7.19. The van der Waals surface area contributed by atoms with Gasteiger partial charge in [0.05, 0.1) is 11.9 Å². The van der Waals surface area contributed by atoms with Crippen molar-refractivity contribution in [2.24, 2.45) is 0 Å². The summed E-state index contributed by atoms with van der Waals surface area (Å²) in [5.74, 6) is 0. The van der Waals surface area contributed by atoms with Gasteiger partial charge in [-0.3, -0.25) is 0 Å². The van der Waals surface area contributed by atoms with Crippen LogP contribution in [-0.4, -0.2) is 4.98 Å². The maximum Gasteiger partial charge on any atom is 0.189 e. The highest BCUT2D eigenvalue weighted by Gasteiger charge is 1.98. The molecule has 0 saturated carbocycles. The van der Waals surface area contributed by atoms with E-state index in [0.29, 0.717) is 0 Å². The molecule has 3 N–H and O–H groups in total. The second-order valence-corrected chi connectivity index (χ2v) is 4.05. The number of rotatable bonds is 2. The van der Waals surface area contributed by atoms with E-state index in [-0.39, 0.29) is 0 Å². The zero-order valence-corrected chi connectivity index (χ0v) is 7.78. The molecule has 0 amide bonds. The van der Waals surface area contributed by atoms with Crippen molar-refractivity contribution in [3.8, 4) is 0 Å². The highest BCUT2D eigenvalue weighted by atomic mass is 32.1. The largest absolute Gasteiger partial charge is 0.389 e. The highest BCUT2D eigenvalue weighted by Crippen LogP contribution is 2.24. The van der Waals surface area contributed by atoms with Crippen LogP contribution in [0.5, 0.6) is 0 Å². The average molecular weight is 197 g/mol. The van der Waals surface area contributed by atoms with Gasteiger partial charge < -0.3 is 11.1 Å². The molecular formula is C7H7N3S2. The van der Waals surface area contributed by atoms with Gasteiger partial charge in [-0.05, 0) is 11.4 Å². The second-order valence-electron chi connectivity index (χ2n) is 2.20. The summed E-state index contributed by atoms with van der Waals surface area (Å²) in [7, 11) is 0. The number of hydrogen-bond donors (Lipinski definition) is 2. The minimum absolute atomic E-state index is 0.729. The Hall–Kier alpha value is -1.07. The predicted molar refractivity (Wildman–Crippen MR) is 54.1 cm³/mol. The van der Waals surface area contributed by atoms with E-state index in [9.17, 15) is 0 Å². The summed E-state index contributed by atoms with van der Waals surface area (Å²) in [5.41, 5.74) is 6.59. The summed E-state index contributed by atoms with van der Waals surface area (Å²) < 4.78 is 0. The number of hydrogen-bond acceptors (Lipinski definition) is 5. The third-order valence-electron chi connectivity index (χ3n) is 1.30. The Balaban J connectivity index is 2.14. The molecule has 0 radical (unpaired) electrons. The lowest BCUT2D eigenvalue weighted by Crippen LogP contribution is -1.84. The molecule has 0 aliphatic heterocycles. The van der Waals surface area contributed by atoms with Crippen molar-refractivity contribution >= 4 is 38.5 Å². The zero-order valence-electron chi connectivity index (χ0n) is 6.15. The Labute approximate surface area is 77.9 Å². The van der Waals surface area contributed by atoms with Crippen molar-refractivity contribution in [1.82, 2.24) is 4.98 Å². The minimum Gasteiger partial charge on any atom is -0.389 e. The molecule has 3 nitrogen and oxygen atoms in total. The molecule has 0 aliphatic carbocycles. The molecule has 2 heterocycles. The molecule has 0 saturated heterocycles. The smallest absolute Gasteiger partial charge is 0.189 e. The van der Waals surface area contributed by atoms with Gasteiger partial charge >= 0.3 is 0 Å². The first-order valence-electron chi connectivity index (χ1n) is 3.35. The predicted octanol–water partition coefficient (Wildman–Crippen LogP) is 2.53. The van der Waals surface area contributed by atoms with Crippen LogP contribution in [-0.2, 0) is 0 Å². The van der Waals surface area contributed by atoms with Crippen molar-refractivity contribution in [2.45, 2.75) is 0 Å². The first kappa shape index (κ1) is 7.57. The van der Waals surface area contributed by atoms with E-state index in [1.165, 1.54) is 11.3 Å². The number of thiazole rings is 1. The van der Waals surface area contributed by atoms with Crippen LogP contribution in [0.2, 0.25) is 0 Å². The van der Waals surface area contributed by atoms with E-state index in [4.69, 9.17) is 5.73 Å². The molecule has 12 heavy (non-hydrogen) atoms. The van der Waals surface area contributed by atoms with Gasteiger partial charge in [0.25, 0.3) is 0 Å². The van der Waals surface area contributed by atoms with Crippen LogP contribution < -0.4 is 11.1 Å². The molecule has 0 aromatic carbocycles. The van der Waals surface area contributed by atoms with Crippen LogP contribution in [0.15, 0.2) is 23.0 Å². The van der Waals surface area contributed by atoms with Crippen LogP contribution in [0.4, 0.5) is 15.8 Å². The van der Waals surface area contributed by atoms with Crippen LogP contribution in [0.1, 0.15) is 0 Å². The lowest BCUT2D eigenvalue weighted by atomic mass is 10.5. The molecule has 0 unspecified atom stereocenters. The molecule has 2 aromatic heterocycles. The molecule has 5 heteroatoms. The third-order valence-corrected chi connectivity index (χ3v) is 2.72. The number of anilines is 3. The molecule has 0 aliphatic rings. The van der Waals surface area contributed by atoms with Crippen molar-refractivity contribution < 1.29 is 0 Å². The van der Waals surface area contributed by atoms with E-state index < -0.39 is 0 Å². The molecular weight excluding hydrogens is 190 g/mol. The SMILES string of the molecule is Nc1cnc(Nc2ccsc2)s1. The maximum atomic E-state index is 5.53. The van der Waals surface area contributed by atoms with Crippen molar-refractivity contribution in [3.63, 3.8) is 0 Å². The number of thiophene rings is 1. The molecule has 0 spiro atoms. The number of nitrogen functional groups attached to an aromatic ring is 1. The number of aromatic nitrogens is 1. The third kappa shape index (κ3) is 1.57. The van der Waals surface area contributed by atoms with Crippen molar-refractivity contribution in [1.29, 1.82) is 0 Å². The first-order chi connectivity index (χ1) is 5.84. The number of nitrogens with one attached hydrogen (secondary N) is 1. The van der Waals surface area contributed by atoms with Crippen molar-refractivity contribution in [3.05, 3.63) is 23.0 Å². The summed E-state index contributed by atoms with van der Waals surface area (Å²) in [4.78, 5) is 4.08. The fourth-order valence-corrected chi connectivity index (χ4v) is 1.99. The van der Waals surface area contributed by atoms with Gasteiger partial charge in [0.2, 0.25) is 0 Å². The molecule has 0 bridgehead atoms. The Morgan fingerprint density at radius 3 is 3.00 bits per heavy atom. The lowest BCUT2D eigenvalue weighted by Gasteiger charge is -1.95. The van der Waals surface area contributed by atoms with Crippen LogP contribution in [0.25, 0.3) is 0 Å². The van der Waals surface area contributed by atoms with Gasteiger partial charge in [0.1, 0.15) is 5.00 Å². The van der Waals surface area contributed by atoms with E-state index in [1.807, 2.05) is 16.8 Å². The summed E-state index contributed by atoms with van der Waals surface area (Å²) in [5, 5.41) is 8.75. The fraction of sp³-hybridized carbons (Fsp3) is 0. The normalized spacial score (nSPS) is 10.0. The quantitative estimate of drug-likeness (QED) is 0.777. The standard InChI is InChI=1S/C7H7N3S2/c8-6-3-9-7(12-6)10-5-1-2-11-4-5/h1-4H,8H2,(H,9,10). The minimum atomic E-state index is 0.729. The van der Waals surface area contributed by atoms with Gasteiger partial charge in [0.15, 0.2) is 5.13 Å². The summed E-state index contributed by atoms with van der Waals surface area (Å²) in [6.07, 6.45) is 1.65. The summed E-state index contributed by atoms with van der Waals surface area (Å²) >= 11 is 3.09. The summed E-state index contributed by atoms with van der Waals surface area (Å²) in [6.45, 7) is 0. The topological polar surface area (TPSA) is 50.9 Å². The lowest BCUT2D eigenvalue weighted by molar-refractivity contribution is 1.40. The van der Waals surface area contributed by atoms with Crippen LogP contribution in [0.3, 0.4) is 0 Å². The Kier molecular flexibility index (Phi) is 1.97. The number of nitrogens with zero attached hydrogens (tertiary/aromatic N) is 1. The van der Waals surface area contributed by atoms with Gasteiger partial charge in [-0.15, -0.1) is 0 Å². The van der Waals surface area contributed by atoms with Crippen LogP contribution >= 0.6 is 22.7 Å². The van der Waals surface area contributed by atoms with Gasteiger partial charge in [-0.25, -0.2) is 4.98 Å².